The molecule has 5 heteroatoms. The van der Waals surface area contributed by atoms with Gasteiger partial charge in [-0.05, 0) is 23.8 Å². The molecule has 86 valence electrons. The van der Waals surface area contributed by atoms with E-state index in [4.69, 9.17) is 0 Å². The monoisotopic (exact) mass is 228 g/mol. The molecular weight excluding hydrogens is 217 g/mol. The molecule has 0 atom stereocenters. The number of alkyl halides is 3. The highest BCUT2D eigenvalue weighted by atomic mass is 19.4. The van der Waals surface area contributed by atoms with Gasteiger partial charge in [0.2, 0.25) is 0 Å². The molecule has 1 aromatic rings. The predicted molar refractivity (Wildman–Crippen MR) is 55.2 cm³/mol. The highest BCUT2D eigenvalue weighted by molar-refractivity contribution is 5.65. The quantitative estimate of drug-likeness (QED) is 0.794. The molecule has 1 heterocycles. The van der Waals surface area contributed by atoms with E-state index in [2.05, 4.69) is 5.43 Å². The van der Waals surface area contributed by atoms with Gasteiger partial charge in [0, 0.05) is 13.6 Å². The van der Waals surface area contributed by atoms with Crippen LogP contribution >= 0.6 is 0 Å². The summed E-state index contributed by atoms with van der Waals surface area (Å²) in [6.45, 7) is 0.686. The lowest BCUT2D eigenvalue weighted by atomic mass is 10.1. The minimum Gasteiger partial charge on any atom is -0.319 e. The highest BCUT2D eigenvalue weighted by Gasteiger charge is 2.30. The molecule has 16 heavy (non-hydrogen) atoms. The number of nitrogens with zero attached hydrogens (tertiary/aromatic N) is 1. The van der Waals surface area contributed by atoms with E-state index in [9.17, 15) is 13.2 Å². The van der Waals surface area contributed by atoms with Gasteiger partial charge in [0.1, 0.15) is 0 Å². The van der Waals surface area contributed by atoms with Crippen molar-refractivity contribution >= 4 is 5.70 Å². The number of hydrogen-bond acceptors (Lipinski definition) is 2. The molecule has 0 aromatic heterocycles. The van der Waals surface area contributed by atoms with Gasteiger partial charge in [-0.25, -0.2) is 5.01 Å². The molecule has 0 aliphatic carbocycles. The number of halogens is 3. The van der Waals surface area contributed by atoms with Gasteiger partial charge in [0.05, 0.1) is 11.3 Å². The Hall–Kier alpha value is -1.49. The summed E-state index contributed by atoms with van der Waals surface area (Å²) in [4.78, 5) is 0. The van der Waals surface area contributed by atoms with E-state index in [0.29, 0.717) is 17.8 Å². The van der Waals surface area contributed by atoms with Crippen LogP contribution in [0.15, 0.2) is 30.3 Å². The molecule has 1 aromatic carbocycles. The maximum atomic E-state index is 12.5. The average Bonchev–Trinajstić information content (AvgIpc) is 2.64. The van der Waals surface area contributed by atoms with Crippen molar-refractivity contribution in [3.8, 4) is 0 Å². The van der Waals surface area contributed by atoms with Crippen LogP contribution < -0.4 is 5.43 Å². The van der Waals surface area contributed by atoms with Gasteiger partial charge in [-0.1, -0.05) is 12.1 Å². The summed E-state index contributed by atoms with van der Waals surface area (Å²) in [6.07, 6.45) is -2.43. The zero-order valence-electron chi connectivity index (χ0n) is 8.67. The second kappa shape index (κ2) is 3.83. The zero-order valence-corrected chi connectivity index (χ0v) is 8.67. The zero-order chi connectivity index (χ0) is 11.8. The van der Waals surface area contributed by atoms with E-state index in [1.807, 2.05) is 13.1 Å². The van der Waals surface area contributed by atoms with E-state index in [1.165, 1.54) is 6.07 Å². The van der Waals surface area contributed by atoms with Gasteiger partial charge in [0.25, 0.3) is 0 Å². The van der Waals surface area contributed by atoms with E-state index in [0.717, 1.165) is 12.1 Å². The van der Waals surface area contributed by atoms with Crippen molar-refractivity contribution in [2.24, 2.45) is 0 Å². The molecule has 1 aliphatic rings. The summed E-state index contributed by atoms with van der Waals surface area (Å²) in [6, 6.07) is 5.30. The third-order valence-corrected chi connectivity index (χ3v) is 2.38. The Labute approximate surface area is 91.3 Å². The lowest BCUT2D eigenvalue weighted by Gasteiger charge is -2.13. The van der Waals surface area contributed by atoms with Crippen LogP contribution in [0.1, 0.15) is 11.1 Å². The Balaban J connectivity index is 2.30. The molecule has 2 nitrogen and oxygen atoms in total. The average molecular weight is 228 g/mol. The van der Waals surface area contributed by atoms with Crippen molar-refractivity contribution < 1.29 is 13.2 Å². The van der Waals surface area contributed by atoms with Crippen LogP contribution in [0.4, 0.5) is 13.2 Å². The first-order valence-corrected chi connectivity index (χ1v) is 4.82. The fourth-order valence-electron chi connectivity index (χ4n) is 1.57. The second-order valence-electron chi connectivity index (χ2n) is 3.69. The molecule has 0 radical (unpaired) electrons. The number of benzene rings is 1. The van der Waals surface area contributed by atoms with Gasteiger partial charge >= 0.3 is 6.18 Å². The van der Waals surface area contributed by atoms with E-state index in [-0.39, 0.29) is 0 Å². The van der Waals surface area contributed by atoms with Crippen LogP contribution in [0, 0.1) is 0 Å². The lowest BCUT2D eigenvalue weighted by Crippen LogP contribution is -2.26. The SMILES string of the molecule is CN1CC=C(c2cccc(C(F)(F)F)c2)N1. The fraction of sp³-hybridized carbons (Fsp3) is 0.273. The number of likely N-dealkylation sites (N-methyl/N-ethyl adjacent to an activating group) is 1. The van der Waals surface area contributed by atoms with Crippen LogP contribution in [0.2, 0.25) is 0 Å². The Morgan fingerprint density at radius 3 is 2.62 bits per heavy atom. The summed E-state index contributed by atoms with van der Waals surface area (Å²) in [7, 11) is 1.83. The highest BCUT2D eigenvalue weighted by Crippen LogP contribution is 2.30. The van der Waals surface area contributed by atoms with Crippen LogP contribution in [-0.2, 0) is 6.18 Å². The normalized spacial score (nSPS) is 17.1. The summed E-state index contributed by atoms with van der Waals surface area (Å²) in [5, 5.41) is 1.80. The van der Waals surface area contributed by atoms with Gasteiger partial charge in [-0.3, -0.25) is 0 Å². The lowest BCUT2D eigenvalue weighted by molar-refractivity contribution is -0.137. The Morgan fingerprint density at radius 1 is 1.31 bits per heavy atom. The van der Waals surface area contributed by atoms with Gasteiger partial charge in [-0.2, -0.15) is 13.2 Å². The predicted octanol–water partition coefficient (Wildman–Crippen LogP) is 2.50. The molecule has 2 rings (SSSR count). The van der Waals surface area contributed by atoms with Crippen molar-refractivity contribution in [2.75, 3.05) is 13.6 Å². The van der Waals surface area contributed by atoms with Crippen LogP contribution in [0.5, 0.6) is 0 Å². The van der Waals surface area contributed by atoms with Crippen LogP contribution in [-0.4, -0.2) is 18.6 Å². The van der Waals surface area contributed by atoms with Crippen molar-refractivity contribution in [3.05, 3.63) is 41.5 Å². The minimum absolute atomic E-state index is 0.555. The summed E-state index contributed by atoms with van der Waals surface area (Å²) < 4.78 is 37.4. The van der Waals surface area contributed by atoms with E-state index >= 15 is 0 Å². The first-order valence-electron chi connectivity index (χ1n) is 4.82. The van der Waals surface area contributed by atoms with Crippen molar-refractivity contribution in [1.29, 1.82) is 0 Å². The van der Waals surface area contributed by atoms with Gasteiger partial charge in [0.15, 0.2) is 0 Å². The first-order chi connectivity index (χ1) is 7.47. The molecule has 0 saturated heterocycles. The van der Waals surface area contributed by atoms with Crippen LogP contribution in [0.3, 0.4) is 0 Å². The van der Waals surface area contributed by atoms with Crippen LogP contribution in [0.25, 0.3) is 5.70 Å². The maximum absolute atomic E-state index is 12.5. The van der Waals surface area contributed by atoms with Crippen molar-refractivity contribution in [2.45, 2.75) is 6.18 Å². The number of hydrazine groups is 1. The minimum atomic E-state index is -4.29. The number of rotatable bonds is 1. The Kier molecular flexibility index (Phi) is 2.63. The summed E-state index contributed by atoms with van der Waals surface area (Å²) >= 11 is 0. The summed E-state index contributed by atoms with van der Waals surface area (Å²) in [5.41, 5.74) is 3.62. The van der Waals surface area contributed by atoms with Gasteiger partial charge < -0.3 is 5.43 Å². The molecule has 0 bridgehead atoms. The number of hydrogen-bond donors (Lipinski definition) is 1. The van der Waals surface area contributed by atoms with Crippen molar-refractivity contribution in [1.82, 2.24) is 10.4 Å². The topological polar surface area (TPSA) is 15.3 Å². The second-order valence-corrected chi connectivity index (χ2v) is 3.69. The molecular formula is C11H11F3N2. The van der Waals surface area contributed by atoms with Crippen molar-refractivity contribution in [3.63, 3.8) is 0 Å². The molecule has 0 saturated carbocycles. The molecule has 0 fully saturated rings. The van der Waals surface area contributed by atoms with E-state index in [1.54, 1.807) is 11.1 Å². The smallest absolute Gasteiger partial charge is 0.319 e. The Morgan fingerprint density at radius 2 is 2.06 bits per heavy atom. The molecule has 0 unspecified atom stereocenters. The molecule has 1 N–H and O–H groups in total. The van der Waals surface area contributed by atoms with E-state index < -0.39 is 11.7 Å². The molecule has 0 spiro atoms. The van der Waals surface area contributed by atoms with Gasteiger partial charge in [-0.15, -0.1) is 0 Å². The first kappa shape index (κ1) is 11.0. The fourth-order valence-corrected chi connectivity index (χ4v) is 1.57. The third-order valence-electron chi connectivity index (χ3n) is 2.38. The standard InChI is InChI=1S/C11H11F3N2/c1-16-6-5-10(15-16)8-3-2-4-9(7-8)11(12,13)14/h2-5,7,15H,6H2,1H3. The summed E-state index contributed by atoms with van der Waals surface area (Å²) in [5.74, 6) is 0. The molecule has 0 amide bonds. The Bertz CT molecular complexity index is 423. The molecule has 1 aliphatic heterocycles. The largest absolute Gasteiger partial charge is 0.416 e. The number of nitrogens with one attached hydrogen (secondary N) is 1. The maximum Gasteiger partial charge on any atom is 0.416 e. The third kappa shape index (κ3) is 2.19.